The molecule has 0 unspecified atom stereocenters. The van der Waals surface area contributed by atoms with Crippen LogP contribution < -0.4 is 0 Å². The molecule has 1 heterocycles. The molecule has 2 aromatic carbocycles. The molecule has 25 heavy (non-hydrogen) atoms. The second-order valence-corrected chi connectivity index (χ2v) is 8.01. The van der Waals surface area contributed by atoms with Crippen molar-refractivity contribution in [3.63, 3.8) is 0 Å². The fourth-order valence-electron chi connectivity index (χ4n) is 2.58. The number of aryl methyl sites for hydroxylation is 2. The quantitative estimate of drug-likeness (QED) is 0.515. The van der Waals surface area contributed by atoms with E-state index < -0.39 is 0 Å². The molecule has 0 aliphatic heterocycles. The van der Waals surface area contributed by atoms with Gasteiger partial charge in [-0.05, 0) is 38.5 Å². The normalized spacial score (nSPS) is 11.0. The van der Waals surface area contributed by atoms with Crippen molar-refractivity contribution in [1.82, 2.24) is 14.8 Å². The van der Waals surface area contributed by atoms with Crippen molar-refractivity contribution in [2.75, 3.05) is 0 Å². The molecule has 0 bridgehead atoms. The zero-order chi connectivity index (χ0) is 17.6. The molecule has 3 nitrogen and oxygen atoms in total. The Morgan fingerprint density at radius 1 is 0.880 bits per heavy atom. The van der Waals surface area contributed by atoms with Crippen molar-refractivity contribution in [3.05, 3.63) is 71.0 Å². The van der Waals surface area contributed by atoms with E-state index in [9.17, 15) is 0 Å². The van der Waals surface area contributed by atoms with E-state index in [0.717, 1.165) is 29.0 Å². The maximum atomic E-state index is 4.42. The number of thioether (sulfide) groups is 2. The monoisotopic (exact) mass is 369 g/mol. The van der Waals surface area contributed by atoms with Gasteiger partial charge in [-0.2, -0.15) is 0 Å². The van der Waals surface area contributed by atoms with Crippen molar-refractivity contribution < 1.29 is 0 Å². The third-order valence-corrected chi connectivity index (χ3v) is 5.99. The van der Waals surface area contributed by atoms with Gasteiger partial charge in [-0.25, -0.2) is 0 Å². The lowest BCUT2D eigenvalue weighted by Crippen LogP contribution is -2.02. The lowest BCUT2D eigenvalue weighted by molar-refractivity contribution is 0.659. The minimum absolute atomic E-state index is 0.842. The van der Waals surface area contributed by atoms with E-state index in [4.69, 9.17) is 0 Å². The van der Waals surface area contributed by atoms with E-state index in [1.54, 1.807) is 11.8 Å². The zero-order valence-corrected chi connectivity index (χ0v) is 16.5. The summed E-state index contributed by atoms with van der Waals surface area (Å²) in [5.41, 5.74) is 3.91. The molecule has 0 radical (unpaired) electrons. The highest BCUT2D eigenvalue weighted by Gasteiger charge is 2.12. The van der Waals surface area contributed by atoms with Gasteiger partial charge in [0.2, 0.25) is 0 Å². The predicted molar refractivity (Wildman–Crippen MR) is 107 cm³/mol. The maximum absolute atomic E-state index is 4.42. The van der Waals surface area contributed by atoms with Gasteiger partial charge in [0.15, 0.2) is 5.16 Å². The molecule has 0 aliphatic carbocycles. The van der Waals surface area contributed by atoms with E-state index in [1.165, 1.54) is 21.6 Å². The molecule has 0 saturated carbocycles. The van der Waals surface area contributed by atoms with E-state index >= 15 is 0 Å². The smallest absolute Gasteiger partial charge is 0.191 e. The number of nitrogens with zero attached hydrogens (tertiary/aromatic N) is 3. The second kappa shape index (κ2) is 8.59. The van der Waals surface area contributed by atoms with Crippen LogP contribution in [0.4, 0.5) is 0 Å². The number of rotatable bonds is 7. The van der Waals surface area contributed by atoms with Gasteiger partial charge < -0.3 is 4.57 Å². The molecule has 3 aromatic rings. The lowest BCUT2D eigenvalue weighted by Gasteiger charge is -2.08. The fraction of sp³-hybridized carbons (Fsp3) is 0.300. The summed E-state index contributed by atoms with van der Waals surface area (Å²) in [5, 5.41) is 9.84. The summed E-state index contributed by atoms with van der Waals surface area (Å²) in [7, 11) is 0. The molecule has 0 aliphatic rings. The molecule has 0 fully saturated rings. The number of hydrogen-bond acceptors (Lipinski definition) is 4. The predicted octanol–water partition coefficient (Wildman–Crippen LogP) is 5.50. The van der Waals surface area contributed by atoms with Crippen molar-refractivity contribution in [1.29, 1.82) is 0 Å². The molecular formula is C20H23N3S2. The number of hydrogen-bond donors (Lipinski definition) is 0. The standard InChI is InChI=1S/C20H23N3S2/c1-4-23-19(14-24-18-10-8-15(2)9-11-18)21-22-20(23)25-13-17-7-5-6-16(3)12-17/h5-12H,4,13-14H2,1-3H3. The molecule has 0 amide bonds. The molecular weight excluding hydrogens is 346 g/mol. The Bertz CT molecular complexity index is 825. The summed E-state index contributed by atoms with van der Waals surface area (Å²) in [6.07, 6.45) is 0. The molecule has 3 rings (SSSR count). The van der Waals surface area contributed by atoms with Crippen molar-refractivity contribution in [3.8, 4) is 0 Å². The topological polar surface area (TPSA) is 30.7 Å². The summed E-state index contributed by atoms with van der Waals surface area (Å²) >= 11 is 3.57. The van der Waals surface area contributed by atoms with Gasteiger partial charge in [0, 0.05) is 17.2 Å². The SMILES string of the molecule is CCn1c(CSc2ccc(C)cc2)nnc1SCc1cccc(C)c1. The van der Waals surface area contributed by atoms with Crippen LogP contribution in [0.5, 0.6) is 0 Å². The van der Waals surface area contributed by atoms with Crippen molar-refractivity contribution in [2.45, 2.75) is 48.9 Å². The van der Waals surface area contributed by atoms with Crippen molar-refractivity contribution in [2.24, 2.45) is 0 Å². The van der Waals surface area contributed by atoms with Crippen LogP contribution >= 0.6 is 23.5 Å². The van der Waals surface area contributed by atoms with Gasteiger partial charge in [0.05, 0.1) is 5.75 Å². The first kappa shape index (κ1) is 18.1. The summed E-state index contributed by atoms with van der Waals surface area (Å²) in [6.45, 7) is 7.29. The Morgan fingerprint density at radius 3 is 2.40 bits per heavy atom. The Kier molecular flexibility index (Phi) is 6.21. The first-order valence-electron chi connectivity index (χ1n) is 8.45. The molecule has 5 heteroatoms. The summed E-state index contributed by atoms with van der Waals surface area (Å²) in [4.78, 5) is 1.27. The average Bonchev–Trinajstić information content (AvgIpc) is 3.01. The highest BCUT2D eigenvalue weighted by atomic mass is 32.2. The summed E-state index contributed by atoms with van der Waals surface area (Å²) in [5.74, 6) is 2.81. The Hall–Kier alpha value is -1.72. The van der Waals surface area contributed by atoms with Crippen LogP contribution in [0.2, 0.25) is 0 Å². The zero-order valence-electron chi connectivity index (χ0n) is 14.9. The molecule has 1 aromatic heterocycles. The number of benzene rings is 2. The van der Waals surface area contributed by atoms with Gasteiger partial charge in [-0.3, -0.25) is 0 Å². The van der Waals surface area contributed by atoms with Crippen LogP contribution in [-0.2, 0) is 18.1 Å². The second-order valence-electron chi connectivity index (χ2n) is 6.02. The van der Waals surface area contributed by atoms with Gasteiger partial charge in [-0.1, -0.05) is 59.3 Å². The van der Waals surface area contributed by atoms with E-state index in [1.807, 2.05) is 11.8 Å². The van der Waals surface area contributed by atoms with E-state index in [-0.39, 0.29) is 0 Å². The van der Waals surface area contributed by atoms with Gasteiger partial charge >= 0.3 is 0 Å². The van der Waals surface area contributed by atoms with E-state index in [2.05, 4.69) is 84.1 Å². The minimum atomic E-state index is 0.842. The van der Waals surface area contributed by atoms with Crippen LogP contribution in [0.25, 0.3) is 0 Å². The van der Waals surface area contributed by atoms with Gasteiger partial charge in [0.1, 0.15) is 5.82 Å². The summed E-state index contributed by atoms with van der Waals surface area (Å²) in [6, 6.07) is 17.3. The van der Waals surface area contributed by atoms with Gasteiger partial charge in [0.25, 0.3) is 0 Å². The van der Waals surface area contributed by atoms with Crippen molar-refractivity contribution >= 4 is 23.5 Å². The molecule has 0 N–H and O–H groups in total. The van der Waals surface area contributed by atoms with Crippen LogP contribution in [0.15, 0.2) is 58.6 Å². The van der Waals surface area contributed by atoms with Crippen LogP contribution in [-0.4, -0.2) is 14.8 Å². The van der Waals surface area contributed by atoms with Gasteiger partial charge in [-0.15, -0.1) is 22.0 Å². The molecule has 0 spiro atoms. The first-order valence-corrected chi connectivity index (χ1v) is 10.4. The number of aromatic nitrogens is 3. The van der Waals surface area contributed by atoms with Crippen LogP contribution in [0.3, 0.4) is 0 Å². The third-order valence-electron chi connectivity index (χ3n) is 3.95. The maximum Gasteiger partial charge on any atom is 0.191 e. The Balaban J connectivity index is 1.64. The Morgan fingerprint density at radius 2 is 1.68 bits per heavy atom. The molecule has 0 saturated heterocycles. The fourth-order valence-corrected chi connectivity index (χ4v) is 4.38. The Labute approximate surface area is 158 Å². The highest BCUT2D eigenvalue weighted by Crippen LogP contribution is 2.26. The third kappa shape index (κ3) is 4.89. The van der Waals surface area contributed by atoms with E-state index in [0.29, 0.717) is 0 Å². The molecule has 130 valence electrons. The lowest BCUT2D eigenvalue weighted by atomic mass is 10.2. The minimum Gasteiger partial charge on any atom is -0.306 e. The first-order chi connectivity index (χ1) is 12.2. The van der Waals surface area contributed by atoms with Crippen LogP contribution in [0.1, 0.15) is 29.4 Å². The molecule has 0 atom stereocenters. The largest absolute Gasteiger partial charge is 0.306 e. The van der Waals surface area contributed by atoms with Crippen LogP contribution in [0, 0.1) is 13.8 Å². The highest BCUT2D eigenvalue weighted by molar-refractivity contribution is 7.98. The average molecular weight is 370 g/mol. The summed E-state index contributed by atoms with van der Waals surface area (Å²) < 4.78 is 2.22.